The number of aliphatic hydroxyl groups excluding tert-OH is 5. The van der Waals surface area contributed by atoms with Gasteiger partial charge in [0, 0.05) is 0 Å². The smallest absolute Gasteiger partial charge is 0.157 e. The zero-order valence-electron chi connectivity index (χ0n) is 6.08. The van der Waals surface area contributed by atoms with Crippen LogP contribution in [0, 0.1) is 0 Å². The molecule has 0 aromatic rings. The van der Waals surface area contributed by atoms with E-state index in [1.54, 1.807) is 0 Å². The molecule has 0 radical (unpaired) electrons. The van der Waals surface area contributed by atoms with Crippen molar-refractivity contribution in [1.29, 1.82) is 0 Å². The van der Waals surface area contributed by atoms with E-state index in [1.165, 1.54) is 0 Å². The second kappa shape index (κ2) is 3.23. The maximum atomic E-state index is 12.7. The summed E-state index contributed by atoms with van der Waals surface area (Å²) in [6, 6.07) is 0. The molecule has 12 heavy (non-hydrogen) atoms. The van der Waals surface area contributed by atoms with Crippen molar-refractivity contribution in [3.8, 4) is 0 Å². The Kier molecular flexibility index (Phi) is 2.64. The summed E-state index contributed by atoms with van der Waals surface area (Å²) in [5.74, 6) is 0. The fraction of sp³-hybridized carbons (Fsp3) is 1.00. The summed E-state index contributed by atoms with van der Waals surface area (Å²) >= 11 is 0. The van der Waals surface area contributed by atoms with Gasteiger partial charge >= 0.3 is 0 Å². The van der Waals surface area contributed by atoms with E-state index in [0.717, 1.165) is 0 Å². The Morgan fingerprint density at radius 1 is 0.583 bits per heavy atom. The van der Waals surface area contributed by atoms with E-state index < -0.39 is 36.7 Å². The highest BCUT2D eigenvalue weighted by atomic mass is 19.1. The molecule has 1 rings (SSSR count). The molecule has 5 N–H and O–H groups in total. The fourth-order valence-corrected chi connectivity index (χ4v) is 1.18. The summed E-state index contributed by atoms with van der Waals surface area (Å²) in [6.45, 7) is 0. The normalized spacial score (nSPS) is 55.5. The quantitative estimate of drug-likeness (QED) is 0.277. The molecule has 0 spiro atoms. The van der Waals surface area contributed by atoms with Gasteiger partial charge in [-0.25, -0.2) is 4.39 Å². The number of halogens is 1. The lowest BCUT2D eigenvalue weighted by atomic mass is 9.86. The van der Waals surface area contributed by atoms with Crippen LogP contribution in [0.4, 0.5) is 4.39 Å². The average Bonchev–Trinajstić information content (AvgIpc) is 2.08. The minimum Gasteiger partial charge on any atom is -0.387 e. The predicted molar refractivity (Wildman–Crippen MR) is 34.9 cm³/mol. The van der Waals surface area contributed by atoms with Gasteiger partial charge in [-0.1, -0.05) is 0 Å². The Balaban J connectivity index is 2.76. The highest BCUT2D eigenvalue weighted by Gasteiger charge is 2.48. The molecular formula is C6H11FO5. The predicted octanol–water partition coefficient (Wildman–Crippen LogP) is -2.86. The van der Waals surface area contributed by atoms with Gasteiger partial charge in [-0.2, -0.15) is 0 Å². The van der Waals surface area contributed by atoms with Crippen molar-refractivity contribution in [3.63, 3.8) is 0 Å². The lowest BCUT2D eigenvalue weighted by molar-refractivity contribution is -0.206. The summed E-state index contributed by atoms with van der Waals surface area (Å²) < 4.78 is 12.7. The molecule has 0 heterocycles. The Labute approximate surface area is 67.7 Å². The molecule has 0 saturated heterocycles. The molecule has 72 valence electrons. The Bertz CT molecular complexity index is 107. The van der Waals surface area contributed by atoms with E-state index in [1.807, 2.05) is 0 Å². The Hall–Kier alpha value is -0.270. The molecule has 0 aliphatic heterocycles. The van der Waals surface area contributed by atoms with E-state index >= 15 is 0 Å². The third kappa shape index (κ3) is 1.32. The molecule has 1 fully saturated rings. The zero-order chi connectivity index (χ0) is 9.46. The first-order valence-electron chi connectivity index (χ1n) is 3.51. The van der Waals surface area contributed by atoms with Crippen molar-refractivity contribution >= 4 is 0 Å². The van der Waals surface area contributed by atoms with Gasteiger partial charge in [0.15, 0.2) is 6.17 Å². The highest BCUT2D eigenvalue weighted by Crippen LogP contribution is 2.23. The molecule has 1 aliphatic rings. The molecule has 0 aromatic heterocycles. The van der Waals surface area contributed by atoms with Crippen LogP contribution < -0.4 is 0 Å². The number of rotatable bonds is 0. The van der Waals surface area contributed by atoms with Crippen LogP contribution in [0.2, 0.25) is 0 Å². The first kappa shape index (κ1) is 9.82. The van der Waals surface area contributed by atoms with Gasteiger partial charge in [-0.15, -0.1) is 0 Å². The summed E-state index contributed by atoms with van der Waals surface area (Å²) in [6.07, 6.45) is -11.1. The molecular weight excluding hydrogens is 171 g/mol. The topological polar surface area (TPSA) is 101 Å². The minimum atomic E-state index is -2.14. The van der Waals surface area contributed by atoms with Crippen molar-refractivity contribution < 1.29 is 29.9 Å². The largest absolute Gasteiger partial charge is 0.387 e. The van der Waals surface area contributed by atoms with Crippen LogP contribution in [0.3, 0.4) is 0 Å². The molecule has 1 saturated carbocycles. The Morgan fingerprint density at radius 2 is 0.833 bits per heavy atom. The first-order chi connectivity index (χ1) is 5.46. The SMILES string of the molecule is O[C@@H]1[C@H](O)[C@@H](O)[C@@H](F)[C@@H](O)[C@H]1O. The van der Waals surface area contributed by atoms with Crippen LogP contribution in [0.5, 0.6) is 0 Å². The molecule has 0 aromatic carbocycles. The third-order valence-corrected chi connectivity index (χ3v) is 2.05. The number of hydrogen-bond donors (Lipinski definition) is 5. The maximum absolute atomic E-state index is 12.7. The summed E-state index contributed by atoms with van der Waals surface area (Å²) in [7, 11) is 0. The average molecular weight is 182 g/mol. The number of hydrogen-bond acceptors (Lipinski definition) is 5. The van der Waals surface area contributed by atoms with Crippen LogP contribution in [0.15, 0.2) is 0 Å². The monoisotopic (exact) mass is 182 g/mol. The molecule has 0 unspecified atom stereocenters. The first-order valence-corrected chi connectivity index (χ1v) is 3.51. The van der Waals surface area contributed by atoms with Crippen molar-refractivity contribution in [3.05, 3.63) is 0 Å². The van der Waals surface area contributed by atoms with E-state index in [4.69, 9.17) is 25.5 Å². The highest BCUT2D eigenvalue weighted by molar-refractivity contribution is 4.98. The van der Waals surface area contributed by atoms with Crippen LogP contribution in [-0.2, 0) is 0 Å². The Morgan fingerprint density at radius 3 is 1.17 bits per heavy atom. The molecule has 0 bridgehead atoms. The van der Waals surface area contributed by atoms with Gasteiger partial charge in [0.1, 0.15) is 30.5 Å². The van der Waals surface area contributed by atoms with E-state index in [9.17, 15) is 4.39 Å². The van der Waals surface area contributed by atoms with Gasteiger partial charge in [0.05, 0.1) is 0 Å². The van der Waals surface area contributed by atoms with E-state index in [0.29, 0.717) is 0 Å². The minimum absolute atomic E-state index is 1.72. The molecule has 6 heteroatoms. The van der Waals surface area contributed by atoms with Crippen LogP contribution in [0.1, 0.15) is 0 Å². The van der Waals surface area contributed by atoms with Crippen LogP contribution in [-0.4, -0.2) is 62.2 Å². The number of aliphatic hydroxyl groups is 5. The molecule has 5 nitrogen and oxygen atoms in total. The second-order valence-corrected chi connectivity index (χ2v) is 2.90. The van der Waals surface area contributed by atoms with Gasteiger partial charge in [-0.05, 0) is 0 Å². The fourth-order valence-electron chi connectivity index (χ4n) is 1.18. The molecule has 0 amide bonds. The van der Waals surface area contributed by atoms with Gasteiger partial charge < -0.3 is 25.5 Å². The third-order valence-electron chi connectivity index (χ3n) is 2.05. The van der Waals surface area contributed by atoms with Crippen LogP contribution in [0.25, 0.3) is 0 Å². The maximum Gasteiger partial charge on any atom is 0.157 e. The van der Waals surface area contributed by atoms with Crippen LogP contribution >= 0.6 is 0 Å². The van der Waals surface area contributed by atoms with Gasteiger partial charge in [0.2, 0.25) is 0 Å². The van der Waals surface area contributed by atoms with E-state index in [2.05, 4.69) is 0 Å². The van der Waals surface area contributed by atoms with Gasteiger partial charge in [-0.3, -0.25) is 0 Å². The summed E-state index contributed by atoms with van der Waals surface area (Å²) in [5, 5.41) is 44.4. The van der Waals surface area contributed by atoms with Crippen molar-refractivity contribution in [1.82, 2.24) is 0 Å². The second-order valence-electron chi connectivity index (χ2n) is 2.90. The number of alkyl halides is 1. The van der Waals surface area contributed by atoms with Gasteiger partial charge in [0.25, 0.3) is 0 Å². The lowest BCUT2D eigenvalue weighted by Gasteiger charge is -2.38. The molecule has 6 atom stereocenters. The van der Waals surface area contributed by atoms with Crippen molar-refractivity contribution in [2.75, 3.05) is 0 Å². The lowest BCUT2D eigenvalue weighted by Crippen LogP contribution is -2.62. The van der Waals surface area contributed by atoms with E-state index in [-0.39, 0.29) is 0 Å². The summed E-state index contributed by atoms with van der Waals surface area (Å²) in [5.41, 5.74) is 0. The van der Waals surface area contributed by atoms with Crippen molar-refractivity contribution in [2.24, 2.45) is 0 Å². The molecule has 1 aliphatic carbocycles. The standard InChI is InChI=1S/C6H11FO5/c7-1-2(8)4(10)6(12)5(11)3(1)9/h1-6,8-12H/t1-,2+,3-,4-,5-,6-/m1/s1. The van der Waals surface area contributed by atoms with Crippen molar-refractivity contribution in [2.45, 2.75) is 36.7 Å². The zero-order valence-corrected chi connectivity index (χ0v) is 6.08. The summed E-state index contributed by atoms with van der Waals surface area (Å²) in [4.78, 5) is 0.